The van der Waals surface area contributed by atoms with E-state index in [9.17, 15) is 0 Å². The number of nitrogens with one attached hydrogen (secondary N) is 1. The molecule has 0 aromatic rings. The standard InChI is InChI=1S/C12H28N2/c1-6-7-12(4)10-14(5)9-8-13-11(2)3/h11-13H,6-10H2,1-5H3. The number of hydrogen-bond acceptors (Lipinski definition) is 2. The van der Waals surface area contributed by atoms with Gasteiger partial charge in [-0.1, -0.05) is 34.1 Å². The molecule has 0 saturated carbocycles. The summed E-state index contributed by atoms with van der Waals surface area (Å²) in [6.07, 6.45) is 2.65. The van der Waals surface area contributed by atoms with Gasteiger partial charge in [0, 0.05) is 25.7 Å². The fraction of sp³-hybridized carbons (Fsp3) is 1.00. The minimum Gasteiger partial charge on any atom is -0.313 e. The predicted molar refractivity (Wildman–Crippen MR) is 64.7 cm³/mol. The minimum absolute atomic E-state index is 0.608. The maximum Gasteiger partial charge on any atom is 0.0104 e. The summed E-state index contributed by atoms with van der Waals surface area (Å²) < 4.78 is 0. The Labute approximate surface area is 90.1 Å². The third-order valence-corrected chi connectivity index (χ3v) is 2.45. The molecule has 2 nitrogen and oxygen atoms in total. The molecule has 0 amide bonds. The van der Waals surface area contributed by atoms with Gasteiger partial charge >= 0.3 is 0 Å². The summed E-state index contributed by atoms with van der Waals surface area (Å²) in [5, 5.41) is 3.44. The summed E-state index contributed by atoms with van der Waals surface area (Å²) >= 11 is 0. The highest BCUT2D eigenvalue weighted by atomic mass is 15.1. The first-order valence-corrected chi connectivity index (χ1v) is 5.98. The zero-order valence-electron chi connectivity index (χ0n) is 10.6. The largest absolute Gasteiger partial charge is 0.313 e. The van der Waals surface area contributed by atoms with E-state index in [0.717, 1.165) is 19.0 Å². The lowest BCUT2D eigenvalue weighted by Crippen LogP contribution is -2.34. The van der Waals surface area contributed by atoms with E-state index in [1.165, 1.54) is 19.4 Å². The van der Waals surface area contributed by atoms with Crippen LogP contribution >= 0.6 is 0 Å². The third kappa shape index (κ3) is 8.52. The van der Waals surface area contributed by atoms with Crippen LogP contribution in [0.1, 0.15) is 40.5 Å². The van der Waals surface area contributed by atoms with Crippen molar-refractivity contribution in [2.45, 2.75) is 46.6 Å². The molecule has 1 N–H and O–H groups in total. The SMILES string of the molecule is CCCC(C)CN(C)CCNC(C)C. The Hall–Kier alpha value is -0.0800. The van der Waals surface area contributed by atoms with Crippen LogP contribution in [0.25, 0.3) is 0 Å². The second-order valence-corrected chi connectivity index (χ2v) is 4.76. The second kappa shape index (κ2) is 8.25. The van der Waals surface area contributed by atoms with Gasteiger partial charge in [0.05, 0.1) is 0 Å². The molecule has 0 spiro atoms. The van der Waals surface area contributed by atoms with E-state index in [-0.39, 0.29) is 0 Å². The predicted octanol–water partition coefficient (Wildman–Crippen LogP) is 2.35. The summed E-state index contributed by atoms with van der Waals surface area (Å²) in [6, 6.07) is 0.608. The molecule has 0 radical (unpaired) electrons. The van der Waals surface area contributed by atoms with Gasteiger partial charge in [-0.15, -0.1) is 0 Å². The Morgan fingerprint density at radius 1 is 1.21 bits per heavy atom. The normalized spacial score (nSPS) is 13.9. The number of rotatable bonds is 8. The van der Waals surface area contributed by atoms with Crippen molar-refractivity contribution < 1.29 is 0 Å². The van der Waals surface area contributed by atoms with Crippen molar-refractivity contribution in [3.8, 4) is 0 Å². The molecule has 0 aromatic heterocycles. The topological polar surface area (TPSA) is 15.3 Å². The lowest BCUT2D eigenvalue weighted by molar-refractivity contribution is 0.274. The van der Waals surface area contributed by atoms with Crippen LogP contribution < -0.4 is 5.32 Å². The smallest absolute Gasteiger partial charge is 0.0104 e. The van der Waals surface area contributed by atoms with Crippen LogP contribution in [0.3, 0.4) is 0 Å². The van der Waals surface area contributed by atoms with E-state index in [4.69, 9.17) is 0 Å². The first-order chi connectivity index (χ1) is 6.56. The summed E-state index contributed by atoms with van der Waals surface area (Å²) in [6.45, 7) is 12.5. The maximum absolute atomic E-state index is 3.44. The Kier molecular flexibility index (Phi) is 8.20. The van der Waals surface area contributed by atoms with Crippen LogP contribution in [0.15, 0.2) is 0 Å². The van der Waals surface area contributed by atoms with Crippen LogP contribution in [0.5, 0.6) is 0 Å². The molecule has 2 heteroatoms. The molecule has 1 unspecified atom stereocenters. The van der Waals surface area contributed by atoms with Gasteiger partial charge in [0.1, 0.15) is 0 Å². The van der Waals surface area contributed by atoms with Crippen molar-refractivity contribution in [1.29, 1.82) is 0 Å². The fourth-order valence-corrected chi connectivity index (χ4v) is 1.75. The number of hydrogen-bond donors (Lipinski definition) is 1. The molecule has 86 valence electrons. The summed E-state index contributed by atoms with van der Waals surface area (Å²) in [7, 11) is 2.22. The maximum atomic E-state index is 3.44. The average Bonchev–Trinajstić information content (AvgIpc) is 2.03. The van der Waals surface area contributed by atoms with Gasteiger partial charge < -0.3 is 10.2 Å². The zero-order chi connectivity index (χ0) is 11.0. The number of nitrogens with zero attached hydrogens (tertiary/aromatic N) is 1. The molecular formula is C12H28N2. The molecular weight excluding hydrogens is 172 g/mol. The first-order valence-electron chi connectivity index (χ1n) is 5.98. The summed E-state index contributed by atoms with van der Waals surface area (Å²) in [5.74, 6) is 0.837. The highest BCUT2D eigenvalue weighted by Gasteiger charge is 2.04. The Morgan fingerprint density at radius 2 is 1.86 bits per heavy atom. The van der Waals surface area contributed by atoms with E-state index < -0.39 is 0 Å². The molecule has 0 aromatic carbocycles. The van der Waals surface area contributed by atoms with Gasteiger partial charge in [-0.25, -0.2) is 0 Å². The van der Waals surface area contributed by atoms with E-state index in [1.54, 1.807) is 0 Å². The molecule has 0 heterocycles. The molecule has 1 atom stereocenters. The zero-order valence-corrected chi connectivity index (χ0v) is 10.6. The van der Waals surface area contributed by atoms with E-state index in [0.29, 0.717) is 6.04 Å². The lowest BCUT2D eigenvalue weighted by Gasteiger charge is -2.21. The van der Waals surface area contributed by atoms with Crippen LogP contribution in [0, 0.1) is 5.92 Å². The molecule has 0 aliphatic heterocycles. The lowest BCUT2D eigenvalue weighted by atomic mass is 10.1. The molecule has 0 saturated heterocycles. The molecule has 0 bridgehead atoms. The Balaban J connectivity index is 3.39. The Bertz CT molecular complexity index is 123. The third-order valence-electron chi connectivity index (χ3n) is 2.45. The fourth-order valence-electron chi connectivity index (χ4n) is 1.75. The van der Waals surface area contributed by atoms with Gasteiger partial charge in [-0.3, -0.25) is 0 Å². The van der Waals surface area contributed by atoms with Gasteiger partial charge in [0.25, 0.3) is 0 Å². The van der Waals surface area contributed by atoms with E-state index in [1.807, 2.05) is 0 Å². The van der Waals surface area contributed by atoms with Gasteiger partial charge in [0.2, 0.25) is 0 Å². The second-order valence-electron chi connectivity index (χ2n) is 4.76. The molecule has 0 aliphatic carbocycles. The molecule has 0 rings (SSSR count). The highest BCUT2D eigenvalue weighted by molar-refractivity contribution is 4.61. The Morgan fingerprint density at radius 3 is 2.36 bits per heavy atom. The van der Waals surface area contributed by atoms with Crippen LogP contribution in [-0.4, -0.2) is 37.6 Å². The van der Waals surface area contributed by atoms with Crippen LogP contribution in [0.2, 0.25) is 0 Å². The van der Waals surface area contributed by atoms with Crippen molar-refractivity contribution in [2.75, 3.05) is 26.7 Å². The summed E-state index contributed by atoms with van der Waals surface area (Å²) in [4.78, 5) is 2.43. The van der Waals surface area contributed by atoms with E-state index in [2.05, 4.69) is 45.0 Å². The van der Waals surface area contributed by atoms with Crippen molar-refractivity contribution in [3.05, 3.63) is 0 Å². The van der Waals surface area contributed by atoms with Gasteiger partial charge in [-0.2, -0.15) is 0 Å². The molecule has 0 fully saturated rings. The molecule has 14 heavy (non-hydrogen) atoms. The van der Waals surface area contributed by atoms with E-state index >= 15 is 0 Å². The number of likely N-dealkylation sites (N-methyl/N-ethyl adjacent to an activating group) is 1. The quantitative estimate of drug-likeness (QED) is 0.647. The molecule has 0 aliphatic rings. The minimum atomic E-state index is 0.608. The van der Waals surface area contributed by atoms with Crippen molar-refractivity contribution >= 4 is 0 Å². The summed E-state index contributed by atoms with van der Waals surface area (Å²) in [5.41, 5.74) is 0. The van der Waals surface area contributed by atoms with Crippen molar-refractivity contribution in [2.24, 2.45) is 5.92 Å². The van der Waals surface area contributed by atoms with Crippen LogP contribution in [-0.2, 0) is 0 Å². The van der Waals surface area contributed by atoms with Gasteiger partial charge in [-0.05, 0) is 19.4 Å². The first kappa shape index (κ1) is 13.9. The van der Waals surface area contributed by atoms with Crippen LogP contribution in [0.4, 0.5) is 0 Å². The van der Waals surface area contributed by atoms with Crippen molar-refractivity contribution in [3.63, 3.8) is 0 Å². The monoisotopic (exact) mass is 200 g/mol. The average molecular weight is 200 g/mol. The highest BCUT2D eigenvalue weighted by Crippen LogP contribution is 2.05. The van der Waals surface area contributed by atoms with Gasteiger partial charge in [0.15, 0.2) is 0 Å². The van der Waals surface area contributed by atoms with Crippen molar-refractivity contribution in [1.82, 2.24) is 10.2 Å².